The van der Waals surface area contributed by atoms with E-state index in [0.717, 1.165) is 66.8 Å². The molecule has 0 bridgehead atoms. The topological polar surface area (TPSA) is 71.5 Å². The molecule has 1 saturated heterocycles. The van der Waals surface area contributed by atoms with E-state index in [9.17, 15) is 8.42 Å². The number of anilines is 1. The maximum Gasteiger partial charge on any atom is 0.229 e. The van der Waals surface area contributed by atoms with Gasteiger partial charge in [0.05, 0.1) is 17.5 Å². The Kier molecular flexibility index (Phi) is 7.97. The lowest BCUT2D eigenvalue weighted by Crippen LogP contribution is -2.37. The van der Waals surface area contributed by atoms with E-state index >= 15 is 0 Å². The van der Waals surface area contributed by atoms with E-state index in [-0.39, 0.29) is 5.92 Å². The number of hydrogen-bond acceptors (Lipinski definition) is 5. The molecule has 1 N–H and O–H groups in total. The zero-order chi connectivity index (χ0) is 25.0. The second-order valence-corrected chi connectivity index (χ2v) is 11.8. The monoisotopic (exact) mass is 495 g/mol. The summed E-state index contributed by atoms with van der Waals surface area (Å²) < 4.78 is 32.5. The number of hydrogen-bond donors (Lipinski definition) is 1. The van der Waals surface area contributed by atoms with Crippen LogP contribution in [-0.4, -0.2) is 50.8 Å². The van der Waals surface area contributed by atoms with Gasteiger partial charge in [-0.2, -0.15) is 0 Å². The molecule has 0 unspecified atom stereocenters. The number of aryl methyl sites for hydroxylation is 1. The highest BCUT2D eigenvalue weighted by molar-refractivity contribution is 7.92. The number of piperidine rings is 1. The Morgan fingerprint density at radius 1 is 1.11 bits per heavy atom. The van der Waals surface area contributed by atoms with Gasteiger partial charge in [-0.05, 0) is 92.6 Å². The van der Waals surface area contributed by atoms with Gasteiger partial charge < -0.3 is 4.74 Å². The SMILES string of the molecule is Cc1ccc2c(OCCN3CCC(Cc4ccc(C(C)C)c(NS(C)(=O)=O)c4)CC3)cccc2n1. The van der Waals surface area contributed by atoms with Gasteiger partial charge >= 0.3 is 0 Å². The summed E-state index contributed by atoms with van der Waals surface area (Å²) in [7, 11) is -3.31. The van der Waals surface area contributed by atoms with Crippen LogP contribution in [0.15, 0.2) is 48.5 Å². The summed E-state index contributed by atoms with van der Waals surface area (Å²) in [5.74, 6) is 1.76. The molecule has 7 heteroatoms. The summed E-state index contributed by atoms with van der Waals surface area (Å²) in [5.41, 5.74) is 4.93. The first-order valence-electron chi connectivity index (χ1n) is 12.5. The van der Waals surface area contributed by atoms with Crippen molar-refractivity contribution in [2.24, 2.45) is 5.92 Å². The van der Waals surface area contributed by atoms with Crippen LogP contribution in [0, 0.1) is 12.8 Å². The molecule has 0 aliphatic carbocycles. The molecule has 0 amide bonds. The van der Waals surface area contributed by atoms with Crippen LogP contribution in [0.3, 0.4) is 0 Å². The van der Waals surface area contributed by atoms with Crippen LogP contribution >= 0.6 is 0 Å². The molecule has 0 atom stereocenters. The Morgan fingerprint density at radius 3 is 2.60 bits per heavy atom. The summed E-state index contributed by atoms with van der Waals surface area (Å²) in [6, 6.07) is 16.4. The van der Waals surface area contributed by atoms with Crippen molar-refractivity contribution in [3.05, 3.63) is 65.4 Å². The van der Waals surface area contributed by atoms with Gasteiger partial charge in [-0.3, -0.25) is 14.6 Å². The number of rotatable bonds is 9. The Labute approximate surface area is 209 Å². The lowest BCUT2D eigenvalue weighted by atomic mass is 9.89. The second-order valence-electron chi connectivity index (χ2n) is 10.1. The largest absolute Gasteiger partial charge is 0.492 e. The number of pyridine rings is 1. The molecule has 4 rings (SSSR count). The van der Waals surface area contributed by atoms with Crippen molar-refractivity contribution in [3.8, 4) is 5.75 Å². The zero-order valence-corrected chi connectivity index (χ0v) is 22.1. The molecule has 1 aromatic heterocycles. The highest BCUT2D eigenvalue weighted by atomic mass is 32.2. The Balaban J connectivity index is 1.28. The lowest BCUT2D eigenvalue weighted by molar-refractivity contribution is 0.155. The third-order valence-electron chi connectivity index (χ3n) is 6.76. The Hall–Kier alpha value is -2.64. The van der Waals surface area contributed by atoms with E-state index in [1.807, 2.05) is 37.3 Å². The average Bonchev–Trinajstić information content (AvgIpc) is 2.79. The van der Waals surface area contributed by atoms with E-state index in [1.165, 1.54) is 11.8 Å². The van der Waals surface area contributed by atoms with Crippen LogP contribution in [0.5, 0.6) is 5.75 Å². The lowest BCUT2D eigenvalue weighted by Gasteiger charge is -2.32. The number of nitrogens with zero attached hydrogens (tertiary/aromatic N) is 2. The molecule has 2 heterocycles. The average molecular weight is 496 g/mol. The normalized spacial score (nSPS) is 15.6. The smallest absolute Gasteiger partial charge is 0.229 e. The van der Waals surface area contributed by atoms with Gasteiger partial charge in [-0.25, -0.2) is 8.42 Å². The van der Waals surface area contributed by atoms with Gasteiger partial charge in [0.15, 0.2) is 0 Å². The minimum atomic E-state index is -3.31. The van der Waals surface area contributed by atoms with Crippen LogP contribution in [0.25, 0.3) is 10.9 Å². The molecule has 1 fully saturated rings. The molecule has 35 heavy (non-hydrogen) atoms. The van der Waals surface area contributed by atoms with Crippen molar-refractivity contribution in [1.82, 2.24) is 9.88 Å². The molecule has 1 aliphatic rings. The fourth-order valence-electron chi connectivity index (χ4n) is 4.91. The van der Waals surface area contributed by atoms with E-state index < -0.39 is 10.0 Å². The van der Waals surface area contributed by atoms with Crippen molar-refractivity contribution in [3.63, 3.8) is 0 Å². The number of sulfonamides is 1. The van der Waals surface area contributed by atoms with Crippen molar-refractivity contribution in [1.29, 1.82) is 0 Å². The van der Waals surface area contributed by atoms with E-state index in [1.54, 1.807) is 0 Å². The van der Waals surface area contributed by atoms with Crippen LogP contribution in [-0.2, 0) is 16.4 Å². The van der Waals surface area contributed by atoms with Gasteiger partial charge in [-0.1, -0.05) is 32.0 Å². The van der Waals surface area contributed by atoms with E-state index in [0.29, 0.717) is 18.2 Å². The number of aromatic nitrogens is 1. The highest BCUT2D eigenvalue weighted by Gasteiger charge is 2.20. The number of likely N-dealkylation sites (tertiary alicyclic amines) is 1. The summed E-state index contributed by atoms with van der Waals surface area (Å²) in [5, 5.41) is 1.06. The van der Waals surface area contributed by atoms with Crippen molar-refractivity contribution in [2.75, 3.05) is 37.2 Å². The van der Waals surface area contributed by atoms with Gasteiger partial charge in [0.2, 0.25) is 10.0 Å². The molecule has 1 aliphatic heterocycles. The number of benzene rings is 2. The summed E-state index contributed by atoms with van der Waals surface area (Å²) in [4.78, 5) is 7.06. The predicted molar refractivity (Wildman–Crippen MR) is 144 cm³/mol. The first kappa shape index (κ1) is 25.5. The third-order valence-corrected chi connectivity index (χ3v) is 7.35. The Bertz CT molecular complexity index is 1270. The van der Waals surface area contributed by atoms with Crippen molar-refractivity contribution in [2.45, 2.75) is 46.0 Å². The number of nitrogens with one attached hydrogen (secondary N) is 1. The van der Waals surface area contributed by atoms with Gasteiger partial charge in [0.1, 0.15) is 12.4 Å². The maximum atomic E-state index is 11.8. The van der Waals surface area contributed by atoms with Gasteiger partial charge in [0.25, 0.3) is 0 Å². The second kappa shape index (κ2) is 11.0. The molecular formula is C28H37N3O3S. The van der Waals surface area contributed by atoms with Crippen LogP contribution in [0.4, 0.5) is 5.69 Å². The zero-order valence-electron chi connectivity index (χ0n) is 21.3. The predicted octanol–water partition coefficient (Wildman–Crippen LogP) is 5.37. The first-order chi connectivity index (χ1) is 16.7. The quantitative estimate of drug-likeness (QED) is 0.432. The molecular weight excluding hydrogens is 458 g/mol. The maximum absolute atomic E-state index is 11.8. The Morgan fingerprint density at radius 2 is 1.89 bits per heavy atom. The molecule has 0 saturated carbocycles. The number of ether oxygens (including phenoxy) is 1. The molecule has 188 valence electrons. The minimum Gasteiger partial charge on any atom is -0.492 e. The highest BCUT2D eigenvalue weighted by Crippen LogP contribution is 2.29. The molecule has 6 nitrogen and oxygen atoms in total. The van der Waals surface area contributed by atoms with Gasteiger partial charge in [0, 0.05) is 17.6 Å². The summed E-state index contributed by atoms with van der Waals surface area (Å²) in [6.07, 6.45) is 4.46. The fraction of sp³-hybridized carbons (Fsp3) is 0.464. The van der Waals surface area contributed by atoms with E-state index in [2.05, 4.69) is 46.7 Å². The van der Waals surface area contributed by atoms with Crippen molar-refractivity contribution < 1.29 is 13.2 Å². The molecule has 2 aromatic carbocycles. The van der Waals surface area contributed by atoms with E-state index in [4.69, 9.17) is 4.74 Å². The fourth-order valence-corrected chi connectivity index (χ4v) is 5.48. The molecule has 0 radical (unpaired) electrons. The standard InChI is InChI=1S/C28H37N3O3S/c1-20(2)24-11-9-23(19-27(24)30-35(4,32)33)18-22-12-14-31(15-13-22)16-17-34-28-7-5-6-26-25(28)10-8-21(3)29-26/h5-11,19-20,22,30H,12-18H2,1-4H3. The van der Waals surface area contributed by atoms with Crippen LogP contribution in [0.1, 0.15) is 49.4 Å². The minimum absolute atomic E-state index is 0.257. The molecule has 3 aromatic rings. The third kappa shape index (κ3) is 6.95. The number of fused-ring (bicyclic) bond motifs is 1. The van der Waals surface area contributed by atoms with Crippen molar-refractivity contribution >= 4 is 26.6 Å². The summed E-state index contributed by atoms with van der Waals surface area (Å²) >= 11 is 0. The first-order valence-corrected chi connectivity index (χ1v) is 14.4. The molecule has 0 spiro atoms. The van der Waals surface area contributed by atoms with Crippen LogP contribution in [0.2, 0.25) is 0 Å². The van der Waals surface area contributed by atoms with Gasteiger partial charge in [-0.15, -0.1) is 0 Å². The summed E-state index contributed by atoms with van der Waals surface area (Å²) in [6.45, 7) is 9.86. The van der Waals surface area contributed by atoms with Crippen LogP contribution < -0.4 is 9.46 Å².